The van der Waals surface area contributed by atoms with Crippen LogP contribution in [0.5, 0.6) is 5.75 Å². The van der Waals surface area contributed by atoms with Gasteiger partial charge in [-0.1, -0.05) is 18.2 Å². The molecule has 2 fully saturated rings. The Morgan fingerprint density at radius 2 is 1.83 bits per heavy atom. The molecule has 1 N–H and O–H groups in total. The van der Waals surface area contributed by atoms with E-state index >= 15 is 0 Å². The molecule has 3 aliphatic rings. The lowest BCUT2D eigenvalue weighted by Crippen LogP contribution is -2.47. The van der Waals surface area contributed by atoms with Crippen LogP contribution in [0.2, 0.25) is 0 Å². The summed E-state index contributed by atoms with van der Waals surface area (Å²) in [5.41, 5.74) is 2.70. The standard InChI is InChI=1S/C16H14N2O5/c1-22-9-4-2-3-8(7-9)14(19)17-18-15(20)12-10-5-6-11(23-10)13(12)16(18)21/h2-7,10-13H,1H3,(H,17,19)/t10-,11+,12+,13-. The number of fused-ring (bicyclic) bond motifs is 5. The van der Waals surface area contributed by atoms with Gasteiger partial charge in [0.1, 0.15) is 5.75 Å². The van der Waals surface area contributed by atoms with Gasteiger partial charge in [-0.25, -0.2) is 0 Å². The van der Waals surface area contributed by atoms with Crippen molar-refractivity contribution in [3.63, 3.8) is 0 Å². The van der Waals surface area contributed by atoms with Crippen LogP contribution in [-0.2, 0) is 14.3 Å². The lowest BCUT2D eigenvalue weighted by molar-refractivity contribution is -0.145. The van der Waals surface area contributed by atoms with Gasteiger partial charge in [0.25, 0.3) is 17.7 Å². The molecule has 0 aromatic heterocycles. The second-order valence-corrected chi connectivity index (χ2v) is 5.69. The van der Waals surface area contributed by atoms with Gasteiger partial charge in [-0.15, -0.1) is 0 Å². The molecule has 3 aliphatic heterocycles. The van der Waals surface area contributed by atoms with Gasteiger partial charge < -0.3 is 9.47 Å². The third kappa shape index (κ3) is 1.97. The molecule has 118 valence electrons. The van der Waals surface area contributed by atoms with E-state index < -0.39 is 29.6 Å². The van der Waals surface area contributed by atoms with E-state index in [4.69, 9.17) is 9.47 Å². The van der Waals surface area contributed by atoms with Crippen LogP contribution in [0.3, 0.4) is 0 Å². The van der Waals surface area contributed by atoms with Crippen molar-refractivity contribution in [2.45, 2.75) is 12.2 Å². The lowest BCUT2D eigenvalue weighted by atomic mass is 9.85. The molecule has 4 rings (SSSR count). The number of methoxy groups -OCH3 is 1. The summed E-state index contributed by atoms with van der Waals surface area (Å²) in [6.07, 6.45) is 2.84. The van der Waals surface area contributed by atoms with Crippen LogP contribution in [-0.4, -0.2) is 42.0 Å². The zero-order chi connectivity index (χ0) is 16.1. The minimum atomic E-state index is -0.539. The zero-order valence-electron chi connectivity index (χ0n) is 12.3. The summed E-state index contributed by atoms with van der Waals surface area (Å²) < 4.78 is 10.6. The predicted molar refractivity (Wildman–Crippen MR) is 77.1 cm³/mol. The van der Waals surface area contributed by atoms with Crippen LogP contribution in [0.15, 0.2) is 36.4 Å². The first kappa shape index (κ1) is 14.0. The van der Waals surface area contributed by atoms with Crippen molar-refractivity contribution in [3.05, 3.63) is 42.0 Å². The first-order chi connectivity index (χ1) is 11.1. The summed E-state index contributed by atoms with van der Waals surface area (Å²) in [5, 5.41) is 0.826. The summed E-state index contributed by atoms with van der Waals surface area (Å²) >= 11 is 0. The van der Waals surface area contributed by atoms with Crippen LogP contribution in [0, 0.1) is 11.8 Å². The first-order valence-electron chi connectivity index (χ1n) is 7.27. The van der Waals surface area contributed by atoms with E-state index in [0.717, 1.165) is 5.01 Å². The Bertz CT molecular complexity index is 714. The monoisotopic (exact) mass is 314 g/mol. The second-order valence-electron chi connectivity index (χ2n) is 5.69. The Morgan fingerprint density at radius 3 is 2.43 bits per heavy atom. The number of imide groups is 1. The average molecular weight is 314 g/mol. The Hall–Kier alpha value is -2.67. The van der Waals surface area contributed by atoms with Gasteiger partial charge in [0.2, 0.25) is 0 Å². The molecule has 1 aromatic rings. The summed E-state index contributed by atoms with van der Waals surface area (Å²) in [5.74, 6) is -1.94. The van der Waals surface area contributed by atoms with Crippen LogP contribution in [0.1, 0.15) is 10.4 Å². The van der Waals surface area contributed by atoms with Gasteiger partial charge in [-0.2, -0.15) is 5.01 Å². The minimum absolute atomic E-state index is 0.305. The van der Waals surface area contributed by atoms with Crippen molar-refractivity contribution in [1.82, 2.24) is 10.4 Å². The van der Waals surface area contributed by atoms with Crippen molar-refractivity contribution >= 4 is 17.7 Å². The van der Waals surface area contributed by atoms with E-state index in [-0.39, 0.29) is 12.2 Å². The fraction of sp³-hybridized carbons (Fsp3) is 0.312. The maximum absolute atomic E-state index is 12.4. The molecule has 3 heterocycles. The van der Waals surface area contributed by atoms with E-state index in [9.17, 15) is 14.4 Å². The maximum Gasteiger partial charge on any atom is 0.270 e. The topological polar surface area (TPSA) is 84.9 Å². The second kappa shape index (κ2) is 4.92. The van der Waals surface area contributed by atoms with Gasteiger partial charge in [0.15, 0.2) is 0 Å². The number of hydrogen-bond donors (Lipinski definition) is 1. The molecule has 0 saturated carbocycles. The van der Waals surface area contributed by atoms with Crippen molar-refractivity contribution in [3.8, 4) is 5.75 Å². The number of hydrogen-bond acceptors (Lipinski definition) is 5. The summed E-state index contributed by atoms with van der Waals surface area (Å²) in [7, 11) is 1.49. The zero-order valence-corrected chi connectivity index (χ0v) is 12.3. The molecule has 2 bridgehead atoms. The molecule has 0 radical (unpaired) electrons. The number of hydrazine groups is 1. The predicted octanol–water partition coefficient (Wildman–Crippen LogP) is 0.278. The molecule has 3 amide bonds. The van der Waals surface area contributed by atoms with Gasteiger partial charge in [0.05, 0.1) is 31.2 Å². The number of nitrogens with zero attached hydrogens (tertiary/aromatic N) is 1. The third-order valence-electron chi connectivity index (χ3n) is 4.46. The number of rotatable bonds is 3. The SMILES string of the molecule is COc1cccc(C(=O)NN2C(=O)[C@@H]3[C@H](C2=O)[C@@H]2C=C[C@H]3O2)c1. The van der Waals surface area contributed by atoms with Crippen molar-refractivity contribution in [2.75, 3.05) is 7.11 Å². The number of ether oxygens (including phenoxy) is 2. The Balaban J connectivity index is 1.54. The fourth-order valence-corrected chi connectivity index (χ4v) is 3.34. The highest BCUT2D eigenvalue weighted by Crippen LogP contribution is 2.44. The average Bonchev–Trinajstić information content (AvgIpc) is 3.24. The van der Waals surface area contributed by atoms with Gasteiger partial charge >= 0.3 is 0 Å². The van der Waals surface area contributed by atoms with Crippen molar-refractivity contribution < 1.29 is 23.9 Å². The van der Waals surface area contributed by atoms with E-state index in [2.05, 4.69) is 5.43 Å². The molecule has 7 nitrogen and oxygen atoms in total. The van der Waals surface area contributed by atoms with Crippen LogP contribution in [0.25, 0.3) is 0 Å². The fourth-order valence-electron chi connectivity index (χ4n) is 3.34. The molecule has 2 saturated heterocycles. The summed E-state index contributed by atoms with van der Waals surface area (Å²) in [6.45, 7) is 0. The van der Waals surface area contributed by atoms with E-state index in [0.29, 0.717) is 11.3 Å². The third-order valence-corrected chi connectivity index (χ3v) is 4.46. The highest BCUT2D eigenvalue weighted by atomic mass is 16.5. The Kier molecular flexibility index (Phi) is 2.99. The Labute approximate surface area is 131 Å². The normalized spacial score (nSPS) is 30.7. The van der Waals surface area contributed by atoms with Gasteiger partial charge in [0, 0.05) is 5.56 Å². The van der Waals surface area contributed by atoms with Crippen LogP contribution in [0.4, 0.5) is 0 Å². The molecule has 0 unspecified atom stereocenters. The largest absolute Gasteiger partial charge is 0.497 e. The van der Waals surface area contributed by atoms with Crippen molar-refractivity contribution in [1.29, 1.82) is 0 Å². The number of benzene rings is 1. The molecule has 7 heteroatoms. The molecular formula is C16H14N2O5. The molecule has 0 aliphatic carbocycles. The molecule has 1 aromatic carbocycles. The van der Waals surface area contributed by atoms with Gasteiger partial charge in [-0.05, 0) is 18.2 Å². The number of nitrogens with one attached hydrogen (secondary N) is 1. The van der Waals surface area contributed by atoms with Crippen LogP contribution >= 0.6 is 0 Å². The highest BCUT2D eigenvalue weighted by molar-refractivity contribution is 6.09. The Morgan fingerprint density at radius 1 is 1.17 bits per heavy atom. The first-order valence-corrected chi connectivity index (χ1v) is 7.27. The molecule has 23 heavy (non-hydrogen) atoms. The van der Waals surface area contributed by atoms with E-state index in [1.165, 1.54) is 13.2 Å². The molecule has 4 atom stereocenters. The minimum Gasteiger partial charge on any atom is -0.497 e. The summed E-state index contributed by atoms with van der Waals surface area (Å²) in [6, 6.07) is 6.48. The molecular weight excluding hydrogens is 300 g/mol. The number of amides is 3. The van der Waals surface area contributed by atoms with Crippen molar-refractivity contribution in [2.24, 2.45) is 11.8 Å². The lowest BCUT2D eigenvalue weighted by Gasteiger charge is -2.18. The maximum atomic E-state index is 12.4. The van der Waals surface area contributed by atoms with Crippen LogP contribution < -0.4 is 10.2 Å². The smallest absolute Gasteiger partial charge is 0.270 e. The quantitative estimate of drug-likeness (QED) is 0.640. The number of carbonyl (C=O) groups excluding carboxylic acids is 3. The number of carbonyl (C=O) groups is 3. The molecule has 0 spiro atoms. The summed E-state index contributed by atoms with van der Waals surface area (Å²) in [4.78, 5) is 37.2. The van der Waals surface area contributed by atoms with Gasteiger partial charge in [-0.3, -0.25) is 19.8 Å². The van der Waals surface area contributed by atoms with E-state index in [1.54, 1.807) is 30.4 Å². The van der Waals surface area contributed by atoms with E-state index in [1.807, 2.05) is 0 Å². The highest BCUT2D eigenvalue weighted by Gasteiger charge is 2.61.